The topological polar surface area (TPSA) is 52.6 Å². The third-order valence-corrected chi connectivity index (χ3v) is 3.82. The standard InChI is InChI=1S/C16H13F3O4S/c17-16(18,19)23-12-5-3-11(4-6-12)10-22-15(21)8-7-13(20)14-2-1-9-24-14/h1-6,9H,7-8,10H2. The molecule has 0 saturated heterocycles. The van der Waals surface area contributed by atoms with E-state index in [2.05, 4.69) is 4.74 Å². The van der Waals surface area contributed by atoms with E-state index in [0.29, 0.717) is 10.4 Å². The van der Waals surface area contributed by atoms with Crippen LogP contribution in [-0.4, -0.2) is 18.1 Å². The SMILES string of the molecule is O=C(CCC(=O)c1cccs1)OCc1ccc(OC(F)(F)F)cc1. The molecule has 0 fully saturated rings. The fourth-order valence-electron chi connectivity index (χ4n) is 1.80. The molecule has 1 aromatic heterocycles. The molecule has 8 heteroatoms. The Morgan fingerprint density at radius 2 is 1.75 bits per heavy atom. The monoisotopic (exact) mass is 358 g/mol. The Bertz CT molecular complexity index is 678. The number of thiophene rings is 1. The zero-order valence-corrected chi connectivity index (χ0v) is 13.2. The van der Waals surface area contributed by atoms with Crippen LogP contribution in [-0.2, 0) is 16.1 Å². The fourth-order valence-corrected chi connectivity index (χ4v) is 2.49. The number of alkyl halides is 3. The van der Waals surface area contributed by atoms with E-state index in [9.17, 15) is 22.8 Å². The fraction of sp³-hybridized carbons (Fsp3) is 0.250. The minimum Gasteiger partial charge on any atom is -0.461 e. The molecule has 1 heterocycles. The lowest BCUT2D eigenvalue weighted by atomic mass is 10.2. The van der Waals surface area contributed by atoms with E-state index in [-0.39, 0.29) is 31.0 Å². The Labute approximate surface area is 139 Å². The maximum absolute atomic E-state index is 12.0. The second kappa shape index (κ2) is 7.96. The molecule has 0 aliphatic carbocycles. The second-order valence-corrected chi connectivity index (χ2v) is 5.70. The highest BCUT2D eigenvalue weighted by Gasteiger charge is 2.30. The lowest BCUT2D eigenvalue weighted by molar-refractivity contribution is -0.274. The molecule has 2 rings (SSSR count). The van der Waals surface area contributed by atoms with E-state index in [4.69, 9.17) is 4.74 Å². The van der Waals surface area contributed by atoms with Gasteiger partial charge in [0.1, 0.15) is 12.4 Å². The molecular formula is C16H13F3O4S. The van der Waals surface area contributed by atoms with Crippen LogP contribution in [0.5, 0.6) is 5.75 Å². The van der Waals surface area contributed by atoms with Crippen molar-refractivity contribution in [2.45, 2.75) is 25.8 Å². The number of carbonyl (C=O) groups excluding carboxylic acids is 2. The van der Waals surface area contributed by atoms with Crippen LogP contribution in [0, 0.1) is 0 Å². The molecule has 128 valence electrons. The molecule has 4 nitrogen and oxygen atoms in total. The van der Waals surface area contributed by atoms with Crippen molar-refractivity contribution >= 4 is 23.1 Å². The van der Waals surface area contributed by atoms with E-state index in [1.807, 2.05) is 0 Å². The highest BCUT2D eigenvalue weighted by atomic mass is 32.1. The number of carbonyl (C=O) groups is 2. The molecule has 0 amide bonds. The number of halogens is 3. The lowest BCUT2D eigenvalue weighted by Gasteiger charge is -2.09. The van der Waals surface area contributed by atoms with Gasteiger partial charge in [0, 0.05) is 6.42 Å². The van der Waals surface area contributed by atoms with Crippen molar-refractivity contribution < 1.29 is 32.2 Å². The Balaban J connectivity index is 1.74. The minimum atomic E-state index is -4.75. The number of ether oxygens (including phenoxy) is 2. The molecule has 0 bridgehead atoms. The van der Waals surface area contributed by atoms with Crippen molar-refractivity contribution in [3.63, 3.8) is 0 Å². The molecule has 1 aromatic carbocycles. The molecule has 24 heavy (non-hydrogen) atoms. The minimum absolute atomic E-state index is 0.0496. The van der Waals surface area contributed by atoms with Gasteiger partial charge in [-0.3, -0.25) is 9.59 Å². The number of hydrogen-bond acceptors (Lipinski definition) is 5. The molecule has 2 aromatic rings. The van der Waals surface area contributed by atoms with Gasteiger partial charge in [-0.2, -0.15) is 0 Å². The zero-order chi connectivity index (χ0) is 17.6. The number of ketones is 1. The number of benzene rings is 1. The number of rotatable bonds is 7. The van der Waals surface area contributed by atoms with Crippen molar-refractivity contribution in [3.05, 3.63) is 52.2 Å². The molecule has 0 saturated carbocycles. The Kier molecular flexibility index (Phi) is 5.97. The summed E-state index contributed by atoms with van der Waals surface area (Å²) in [5, 5.41) is 1.78. The van der Waals surface area contributed by atoms with Gasteiger partial charge in [-0.15, -0.1) is 24.5 Å². The van der Waals surface area contributed by atoms with E-state index >= 15 is 0 Å². The maximum atomic E-state index is 12.0. The van der Waals surface area contributed by atoms with Crippen molar-refractivity contribution in [1.82, 2.24) is 0 Å². The van der Waals surface area contributed by atoms with Gasteiger partial charge in [-0.05, 0) is 29.1 Å². The van der Waals surface area contributed by atoms with Crippen molar-refractivity contribution in [3.8, 4) is 5.75 Å². The summed E-state index contributed by atoms with van der Waals surface area (Å²) in [4.78, 5) is 23.9. The van der Waals surface area contributed by atoms with Gasteiger partial charge >= 0.3 is 12.3 Å². The molecule has 0 aliphatic heterocycles. The number of Topliss-reactive ketones (excluding diaryl/α,β-unsaturated/α-hetero) is 1. The summed E-state index contributed by atoms with van der Waals surface area (Å²) in [6.45, 7) is -0.0850. The second-order valence-electron chi connectivity index (χ2n) is 4.75. The summed E-state index contributed by atoms with van der Waals surface area (Å²) >= 11 is 1.30. The van der Waals surface area contributed by atoms with Crippen molar-refractivity contribution in [2.24, 2.45) is 0 Å². The smallest absolute Gasteiger partial charge is 0.461 e. The van der Waals surface area contributed by atoms with Gasteiger partial charge < -0.3 is 9.47 Å². The van der Waals surface area contributed by atoms with Crippen LogP contribution in [0.4, 0.5) is 13.2 Å². The molecular weight excluding hydrogens is 345 g/mol. The average molecular weight is 358 g/mol. The molecule has 0 radical (unpaired) electrons. The van der Waals surface area contributed by atoms with Gasteiger partial charge in [0.15, 0.2) is 5.78 Å². The van der Waals surface area contributed by atoms with Crippen LogP contribution in [0.15, 0.2) is 41.8 Å². The summed E-state index contributed by atoms with van der Waals surface area (Å²) in [6, 6.07) is 8.44. The first-order chi connectivity index (χ1) is 11.3. The molecule has 0 unspecified atom stereocenters. The number of hydrogen-bond donors (Lipinski definition) is 0. The Morgan fingerprint density at radius 3 is 2.33 bits per heavy atom. The normalized spacial score (nSPS) is 11.1. The van der Waals surface area contributed by atoms with Gasteiger partial charge in [0.05, 0.1) is 11.3 Å². The van der Waals surface area contributed by atoms with Crippen LogP contribution < -0.4 is 4.74 Å². The van der Waals surface area contributed by atoms with Crippen LogP contribution in [0.25, 0.3) is 0 Å². The van der Waals surface area contributed by atoms with Gasteiger partial charge in [0.25, 0.3) is 0 Å². The first-order valence-electron chi connectivity index (χ1n) is 6.90. The van der Waals surface area contributed by atoms with E-state index in [1.54, 1.807) is 17.5 Å². The molecule has 0 N–H and O–H groups in total. The first kappa shape index (κ1) is 18.0. The van der Waals surface area contributed by atoms with E-state index in [0.717, 1.165) is 12.1 Å². The first-order valence-corrected chi connectivity index (χ1v) is 7.78. The summed E-state index contributed by atoms with van der Waals surface area (Å²) in [6.07, 6.45) is -4.74. The Hall–Kier alpha value is -2.35. The predicted molar refractivity (Wildman–Crippen MR) is 80.8 cm³/mol. The van der Waals surface area contributed by atoms with Gasteiger partial charge in [-0.1, -0.05) is 18.2 Å². The van der Waals surface area contributed by atoms with Crippen LogP contribution in [0.3, 0.4) is 0 Å². The van der Waals surface area contributed by atoms with Crippen molar-refractivity contribution in [1.29, 1.82) is 0 Å². The summed E-state index contributed by atoms with van der Waals surface area (Å²) < 4.78 is 44.8. The summed E-state index contributed by atoms with van der Waals surface area (Å²) in [5.74, 6) is -1.02. The highest BCUT2D eigenvalue weighted by molar-refractivity contribution is 7.12. The zero-order valence-electron chi connectivity index (χ0n) is 12.3. The molecule has 0 spiro atoms. The molecule has 0 atom stereocenters. The summed E-state index contributed by atoms with van der Waals surface area (Å²) in [5.41, 5.74) is 0.516. The quantitative estimate of drug-likeness (QED) is 0.545. The number of esters is 1. The molecule has 0 aliphatic rings. The average Bonchev–Trinajstić information content (AvgIpc) is 3.05. The third-order valence-electron chi connectivity index (χ3n) is 2.91. The summed E-state index contributed by atoms with van der Waals surface area (Å²) in [7, 11) is 0. The lowest BCUT2D eigenvalue weighted by Crippen LogP contribution is -2.17. The van der Waals surface area contributed by atoms with Gasteiger partial charge in [0.2, 0.25) is 0 Å². The van der Waals surface area contributed by atoms with E-state index < -0.39 is 12.3 Å². The predicted octanol–water partition coefficient (Wildman–Crippen LogP) is 4.35. The maximum Gasteiger partial charge on any atom is 0.573 e. The largest absolute Gasteiger partial charge is 0.573 e. The Morgan fingerprint density at radius 1 is 1.04 bits per heavy atom. The van der Waals surface area contributed by atoms with E-state index in [1.165, 1.54) is 23.5 Å². The van der Waals surface area contributed by atoms with Crippen LogP contribution >= 0.6 is 11.3 Å². The van der Waals surface area contributed by atoms with Crippen LogP contribution in [0.1, 0.15) is 28.1 Å². The van der Waals surface area contributed by atoms with Gasteiger partial charge in [-0.25, -0.2) is 0 Å². The van der Waals surface area contributed by atoms with Crippen LogP contribution in [0.2, 0.25) is 0 Å². The third kappa shape index (κ3) is 6.04. The highest BCUT2D eigenvalue weighted by Crippen LogP contribution is 2.23. The van der Waals surface area contributed by atoms with Crippen molar-refractivity contribution in [2.75, 3.05) is 0 Å².